The fourth-order valence-electron chi connectivity index (χ4n) is 2.94. The third-order valence-electron chi connectivity index (χ3n) is 4.34. The molecule has 116 valence electrons. The van der Waals surface area contributed by atoms with Crippen LogP contribution in [0.1, 0.15) is 57.7 Å². The highest BCUT2D eigenvalue weighted by molar-refractivity contribution is 5.86. The molecule has 1 amide bonds. The summed E-state index contributed by atoms with van der Waals surface area (Å²) in [5.74, 6) is 0.778. The molecular formula is C18H28N2O. The molecule has 0 spiro atoms. The van der Waals surface area contributed by atoms with Crippen LogP contribution in [-0.4, -0.2) is 18.0 Å². The summed E-state index contributed by atoms with van der Waals surface area (Å²) in [6.45, 7) is 9.43. The van der Waals surface area contributed by atoms with E-state index < -0.39 is 5.54 Å². The number of amides is 1. The summed E-state index contributed by atoms with van der Waals surface area (Å²) in [5.41, 5.74) is 2.13. The third kappa shape index (κ3) is 4.07. The summed E-state index contributed by atoms with van der Waals surface area (Å²) in [4.78, 5) is 12.4. The highest BCUT2D eigenvalue weighted by Gasteiger charge is 2.36. The van der Waals surface area contributed by atoms with E-state index >= 15 is 0 Å². The number of benzene rings is 1. The maximum atomic E-state index is 12.4. The molecule has 0 aliphatic carbocycles. The van der Waals surface area contributed by atoms with Crippen LogP contribution in [-0.2, 0) is 11.2 Å². The zero-order valence-electron chi connectivity index (χ0n) is 13.7. The van der Waals surface area contributed by atoms with Crippen LogP contribution in [0.3, 0.4) is 0 Å². The first-order valence-electron chi connectivity index (χ1n) is 8.05. The smallest absolute Gasteiger partial charge is 0.240 e. The van der Waals surface area contributed by atoms with E-state index in [0.717, 1.165) is 31.4 Å². The lowest BCUT2D eigenvalue weighted by molar-refractivity contribution is -0.127. The Morgan fingerprint density at radius 2 is 1.95 bits per heavy atom. The number of nitrogens with one attached hydrogen (secondary N) is 2. The minimum absolute atomic E-state index is 0.0461. The minimum Gasteiger partial charge on any atom is -0.348 e. The summed E-state index contributed by atoms with van der Waals surface area (Å²) >= 11 is 0. The maximum Gasteiger partial charge on any atom is 0.240 e. The van der Waals surface area contributed by atoms with Crippen LogP contribution in [0.15, 0.2) is 24.3 Å². The zero-order valence-corrected chi connectivity index (χ0v) is 13.7. The van der Waals surface area contributed by atoms with E-state index in [2.05, 4.69) is 48.7 Å². The predicted octanol–water partition coefficient (Wildman–Crippen LogP) is 3.20. The second-order valence-electron chi connectivity index (χ2n) is 6.90. The Morgan fingerprint density at radius 1 is 1.29 bits per heavy atom. The summed E-state index contributed by atoms with van der Waals surface area (Å²) < 4.78 is 0. The quantitative estimate of drug-likeness (QED) is 0.873. The Labute approximate surface area is 128 Å². The van der Waals surface area contributed by atoms with Crippen LogP contribution in [0, 0.1) is 5.92 Å². The van der Waals surface area contributed by atoms with Crippen LogP contribution in [0.5, 0.6) is 0 Å². The lowest BCUT2D eigenvalue weighted by Gasteiger charge is -2.26. The van der Waals surface area contributed by atoms with Crippen molar-refractivity contribution in [2.45, 2.75) is 58.5 Å². The molecule has 2 unspecified atom stereocenters. The first-order valence-corrected chi connectivity index (χ1v) is 8.05. The van der Waals surface area contributed by atoms with Gasteiger partial charge in [-0.25, -0.2) is 0 Å². The normalized spacial score (nSPS) is 23.3. The number of carbonyl (C=O) groups is 1. The molecule has 1 aliphatic heterocycles. The second-order valence-corrected chi connectivity index (χ2v) is 6.90. The minimum atomic E-state index is -0.397. The Morgan fingerprint density at radius 3 is 2.48 bits per heavy atom. The lowest BCUT2D eigenvalue weighted by Crippen LogP contribution is -2.51. The van der Waals surface area contributed by atoms with E-state index in [1.54, 1.807) is 0 Å². The predicted molar refractivity (Wildman–Crippen MR) is 87.2 cm³/mol. The summed E-state index contributed by atoms with van der Waals surface area (Å²) in [5, 5.41) is 6.45. The number of hydrogen-bond acceptors (Lipinski definition) is 2. The van der Waals surface area contributed by atoms with Crippen molar-refractivity contribution < 1.29 is 4.79 Å². The molecule has 0 saturated carbocycles. The molecule has 3 heteroatoms. The average molecular weight is 288 g/mol. The monoisotopic (exact) mass is 288 g/mol. The van der Waals surface area contributed by atoms with Crippen LogP contribution in [0.4, 0.5) is 0 Å². The van der Waals surface area contributed by atoms with Crippen LogP contribution < -0.4 is 10.6 Å². The van der Waals surface area contributed by atoms with Crippen LogP contribution in [0.2, 0.25) is 0 Å². The summed E-state index contributed by atoms with van der Waals surface area (Å²) in [7, 11) is 0. The molecule has 0 radical (unpaired) electrons. The molecule has 1 aromatic rings. The van der Waals surface area contributed by atoms with Gasteiger partial charge in [0.15, 0.2) is 0 Å². The Bertz CT molecular complexity index is 472. The van der Waals surface area contributed by atoms with E-state index in [9.17, 15) is 4.79 Å². The van der Waals surface area contributed by atoms with Gasteiger partial charge in [0, 0.05) is 0 Å². The fraction of sp³-hybridized carbons (Fsp3) is 0.611. The van der Waals surface area contributed by atoms with Gasteiger partial charge >= 0.3 is 0 Å². The first kappa shape index (κ1) is 16.0. The molecule has 2 atom stereocenters. The topological polar surface area (TPSA) is 41.1 Å². The largest absolute Gasteiger partial charge is 0.348 e. The molecule has 0 aromatic heterocycles. The van der Waals surface area contributed by atoms with Crippen molar-refractivity contribution in [3.8, 4) is 0 Å². The van der Waals surface area contributed by atoms with Crippen LogP contribution >= 0.6 is 0 Å². The number of rotatable bonds is 5. The second kappa shape index (κ2) is 6.61. The first-order chi connectivity index (χ1) is 9.90. The molecule has 1 heterocycles. The van der Waals surface area contributed by atoms with Crippen molar-refractivity contribution >= 4 is 5.91 Å². The zero-order chi connectivity index (χ0) is 15.5. The van der Waals surface area contributed by atoms with Gasteiger partial charge in [-0.15, -0.1) is 0 Å². The Kier molecular flexibility index (Phi) is 5.04. The molecule has 3 nitrogen and oxygen atoms in total. The Balaban J connectivity index is 1.96. The van der Waals surface area contributed by atoms with Crippen LogP contribution in [0.25, 0.3) is 0 Å². The van der Waals surface area contributed by atoms with E-state index in [0.29, 0.717) is 5.92 Å². The fourth-order valence-corrected chi connectivity index (χ4v) is 2.94. The van der Waals surface area contributed by atoms with Gasteiger partial charge in [0.1, 0.15) is 0 Å². The summed E-state index contributed by atoms with van der Waals surface area (Å²) in [6, 6.07) is 8.66. The molecule has 1 saturated heterocycles. The number of carbonyl (C=O) groups excluding carboxylic acids is 1. The van der Waals surface area contributed by atoms with Crippen molar-refractivity contribution in [3.63, 3.8) is 0 Å². The molecular weight excluding hydrogens is 260 g/mol. The SMILES string of the molecule is CC(C)Cc1ccc(C(C)NC(=O)C2(C)CCCN2)cc1. The van der Waals surface area contributed by atoms with Gasteiger partial charge < -0.3 is 10.6 Å². The van der Waals surface area contributed by atoms with Gasteiger partial charge in [0.05, 0.1) is 11.6 Å². The number of hydrogen-bond donors (Lipinski definition) is 2. The Hall–Kier alpha value is -1.35. The summed E-state index contributed by atoms with van der Waals surface area (Å²) in [6.07, 6.45) is 3.09. The van der Waals surface area contributed by atoms with Gasteiger partial charge in [0.2, 0.25) is 5.91 Å². The standard InChI is InChI=1S/C18H28N2O/c1-13(2)12-15-6-8-16(9-7-15)14(3)20-17(21)18(4)10-5-11-19-18/h6-9,13-14,19H,5,10-12H2,1-4H3,(H,20,21). The molecule has 21 heavy (non-hydrogen) atoms. The highest BCUT2D eigenvalue weighted by atomic mass is 16.2. The molecule has 1 aliphatic rings. The van der Waals surface area contributed by atoms with E-state index in [1.807, 2.05) is 13.8 Å². The highest BCUT2D eigenvalue weighted by Crippen LogP contribution is 2.21. The van der Waals surface area contributed by atoms with Gasteiger partial charge in [0.25, 0.3) is 0 Å². The average Bonchev–Trinajstić information content (AvgIpc) is 2.87. The molecule has 1 fully saturated rings. The van der Waals surface area contributed by atoms with Crippen molar-refractivity contribution in [2.24, 2.45) is 5.92 Å². The van der Waals surface area contributed by atoms with E-state index in [-0.39, 0.29) is 11.9 Å². The molecule has 0 bridgehead atoms. The van der Waals surface area contributed by atoms with Gasteiger partial charge in [-0.05, 0) is 56.7 Å². The lowest BCUT2D eigenvalue weighted by atomic mass is 9.97. The molecule has 1 aromatic carbocycles. The van der Waals surface area contributed by atoms with Gasteiger partial charge in [-0.2, -0.15) is 0 Å². The van der Waals surface area contributed by atoms with Crippen molar-refractivity contribution in [1.29, 1.82) is 0 Å². The van der Waals surface area contributed by atoms with E-state index in [4.69, 9.17) is 0 Å². The van der Waals surface area contributed by atoms with Crippen molar-refractivity contribution in [2.75, 3.05) is 6.54 Å². The maximum absolute atomic E-state index is 12.4. The van der Waals surface area contributed by atoms with Crippen molar-refractivity contribution in [1.82, 2.24) is 10.6 Å². The van der Waals surface area contributed by atoms with Gasteiger partial charge in [-0.1, -0.05) is 38.1 Å². The molecule has 2 N–H and O–H groups in total. The molecule has 2 rings (SSSR count). The van der Waals surface area contributed by atoms with Gasteiger partial charge in [-0.3, -0.25) is 4.79 Å². The third-order valence-corrected chi connectivity index (χ3v) is 4.34. The van der Waals surface area contributed by atoms with E-state index in [1.165, 1.54) is 5.56 Å². The van der Waals surface area contributed by atoms with Crippen molar-refractivity contribution in [3.05, 3.63) is 35.4 Å².